The zero-order chi connectivity index (χ0) is 23.1. The Hall–Kier alpha value is -0.830. The molecule has 3 nitrogen and oxygen atoms in total. The second-order valence-electron chi connectivity index (χ2n) is 12.8. The summed E-state index contributed by atoms with van der Waals surface area (Å²) in [4.78, 5) is 11.7. The van der Waals surface area contributed by atoms with Crippen molar-refractivity contribution in [2.24, 2.45) is 52.1 Å². The molecular formula is C29H49NO2. The van der Waals surface area contributed by atoms with E-state index in [1.54, 1.807) is 5.57 Å². The van der Waals surface area contributed by atoms with Crippen molar-refractivity contribution in [2.75, 3.05) is 6.54 Å². The van der Waals surface area contributed by atoms with Crippen LogP contribution in [0, 0.1) is 46.3 Å². The number of esters is 1. The van der Waals surface area contributed by atoms with Gasteiger partial charge in [-0.15, -0.1) is 0 Å². The molecule has 4 aliphatic rings. The van der Waals surface area contributed by atoms with Gasteiger partial charge in [0.2, 0.25) is 0 Å². The zero-order valence-electron chi connectivity index (χ0n) is 21.5. The Morgan fingerprint density at radius 3 is 2.59 bits per heavy atom. The molecule has 0 spiro atoms. The number of allylic oxidation sites excluding steroid dienone is 1. The van der Waals surface area contributed by atoms with Gasteiger partial charge in [-0.1, -0.05) is 65.5 Å². The predicted molar refractivity (Wildman–Crippen MR) is 132 cm³/mol. The lowest BCUT2D eigenvalue weighted by Gasteiger charge is -2.58. The van der Waals surface area contributed by atoms with E-state index in [-0.39, 0.29) is 18.6 Å². The highest BCUT2D eigenvalue weighted by Gasteiger charge is 2.59. The fourth-order valence-corrected chi connectivity index (χ4v) is 8.99. The van der Waals surface area contributed by atoms with E-state index < -0.39 is 0 Å². The molecule has 3 saturated carbocycles. The van der Waals surface area contributed by atoms with E-state index in [9.17, 15) is 4.79 Å². The van der Waals surface area contributed by atoms with Gasteiger partial charge in [-0.2, -0.15) is 0 Å². The molecule has 3 fully saturated rings. The molecule has 182 valence electrons. The van der Waals surface area contributed by atoms with Gasteiger partial charge in [0.25, 0.3) is 0 Å². The van der Waals surface area contributed by atoms with Crippen molar-refractivity contribution in [2.45, 2.75) is 111 Å². The fraction of sp³-hybridized carbons (Fsp3) is 0.897. The molecule has 0 amide bonds. The Kier molecular flexibility index (Phi) is 7.16. The van der Waals surface area contributed by atoms with Gasteiger partial charge in [-0.25, -0.2) is 0 Å². The van der Waals surface area contributed by atoms with Crippen molar-refractivity contribution in [1.29, 1.82) is 0 Å². The maximum Gasteiger partial charge on any atom is 0.319 e. The van der Waals surface area contributed by atoms with E-state index in [2.05, 4.69) is 40.7 Å². The predicted octanol–water partition coefficient (Wildman–Crippen LogP) is 6.90. The Morgan fingerprint density at radius 2 is 1.88 bits per heavy atom. The van der Waals surface area contributed by atoms with Crippen molar-refractivity contribution in [3.63, 3.8) is 0 Å². The Morgan fingerprint density at radius 1 is 1.09 bits per heavy atom. The molecule has 0 aromatic heterocycles. The van der Waals surface area contributed by atoms with Crippen molar-refractivity contribution < 1.29 is 9.53 Å². The second-order valence-corrected chi connectivity index (χ2v) is 12.8. The fourth-order valence-electron chi connectivity index (χ4n) is 8.99. The van der Waals surface area contributed by atoms with Gasteiger partial charge < -0.3 is 10.5 Å². The van der Waals surface area contributed by atoms with Gasteiger partial charge in [0, 0.05) is 6.42 Å². The summed E-state index contributed by atoms with van der Waals surface area (Å²) in [5.41, 5.74) is 7.93. The van der Waals surface area contributed by atoms with Crippen molar-refractivity contribution in [1.82, 2.24) is 0 Å². The maximum absolute atomic E-state index is 11.7. The quantitative estimate of drug-likeness (QED) is 0.344. The molecule has 0 bridgehead atoms. The van der Waals surface area contributed by atoms with Gasteiger partial charge in [0.15, 0.2) is 0 Å². The molecule has 4 rings (SSSR count). The van der Waals surface area contributed by atoms with Gasteiger partial charge >= 0.3 is 5.97 Å². The van der Waals surface area contributed by atoms with E-state index in [0.29, 0.717) is 10.8 Å². The van der Waals surface area contributed by atoms with Gasteiger partial charge in [0.05, 0.1) is 6.54 Å². The van der Waals surface area contributed by atoms with Crippen LogP contribution >= 0.6 is 0 Å². The number of rotatable bonds is 7. The van der Waals surface area contributed by atoms with E-state index in [4.69, 9.17) is 10.5 Å². The average molecular weight is 444 g/mol. The van der Waals surface area contributed by atoms with Crippen LogP contribution in [0.25, 0.3) is 0 Å². The number of carbonyl (C=O) groups is 1. The minimum Gasteiger partial charge on any atom is -0.461 e. The first-order valence-corrected chi connectivity index (χ1v) is 13.8. The zero-order valence-corrected chi connectivity index (χ0v) is 21.5. The number of ether oxygens (including phenoxy) is 1. The molecule has 8 atom stereocenters. The third kappa shape index (κ3) is 4.32. The Bertz CT molecular complexity index is 714. The van der Waals surface area contributed by atoms with Crippen LogP contribution in [0.15, 0.2) is 11.6 Å². The van der Waals surface area contributed by atoms with Crippen LogP contribution in [0.4, 0.5) is 0 Å². The standard InChI is InChI=1S/C29H49NO2/c1-19(2)7-6-8-20(3)24-11-12-25-23-10-9-21-17-22(32-27(31)18-30)13-15-28(21,4)26(23)14-16-29(24,25)5/h9,19-20,22-26H,6-8,10-18,30H2,1-5H3/t20-,22+,23+,24?,25+,26?,28+,29-/m1/s1. The SMILES string of the molecule is CC(C)CCC[C@@H](C)C1CC[C@H]2[C@@H]3CC=C4C[C@@H](OC(=O)CN)CC[C@]4(C)C3CC[C@]12C. The Labute approximate surface area is 197 Å². The topological polar surface area (TPSA) is 52.3 Å². The summed E-state index contributed by atoms with van der Waals surface area (Å²) < 4.78 is 5.64. The third-order valence-electron chi connectivity index (χ3n) is 10.7. The van der Waals surface area contributed by atoms with Crippen LogP contribution in [-0.2, 0) is 9.53 Å². The van der Waals surface area contributed by atoms with Crippen molar-refractivity contribution in [3.05, 3.63) is 11.6 Å². The molecule has 0 aromatic carbocycles. The lowest BCUT2D eigenvalue weighted by atomic mass is 9.47. The van der Waals surface area contributed by atoms with E-state index in [1.807, 2.05) is 0 Å². The van der Waals surface area contributed by atoms with Crippen molar-refractivity contribution >= 4 is 5.97 Å². The minimum atomic E-state index is -0.249. The van der Waals surface area contributed by atoms with Crippen LogP contribution in [0.2, 0.25) is 0 Å². The summed E-state index contributed by atoms with van der Waals surface area (Å²) in [6.07, 6.45) is 16.9. The van der Waals surface area contributed by atoms with Crippen LogP contribution in [-0.4, -0.2) is 18.6 Å². The van der Waals surface area contributed by atoms with E-state index in [1.165, 1.54) is 57.8 Å². The van der Waals surface area contributed by atoms with Gasteiger partial charge in [0.1, 0.15) is 6.10 Å². The van der Waals surface area contributed by atoms with Gasteiger partial charge in [-0.05, 0) is 91.3 Å². The van der Waals surface area contributed by atoms with E-state index in [0.717, 1.165) is 48.3 Å². The lowest BCUT2D eigenvalue weighted by Crippen LogP contribution is -2.51. The summed E-state index contributed by atoms with van der Waals surface area (Å²) in [5.74, 6) is 4.97. The number of hydrogen-bond donors (Lipinski definition) is 1. The summed E-state index contributed by atoms with van der Waals surface area (Å²) in [5, 5.41) is 0. The number of fused-ring (bicyclic) bond motifs is 5. The molecule has 0 saturated heterocycles. The molecule has 3 heteroatoms. The number of nitrogens with two attached hydrogens (primary N) is 1. The summed E-state index contributed by atoms with van der Waals surface area (Å²) in [7, 11) is 0. The Balaban J connectivity index is 1.45. The minimum absolute atomic E-state index is 0.00512. The molecule has 4 aliphatic carbocycles. The van der Waals surface area contributed by atoms with Crippen LogP contribution < -0.4 is 5.73 Å². The maximum atomic E-state index is 11.7. The largest absolute Gasteiger partial charge is 0.461 e. The highest BCUT2D eigenvalue weighted by atomic mass is 16.5. The molecule has 0 aromatic rings. The molecule has 2 unspecified atom stereocenters. The van der Waals surface area contributed by atoms with Crippen molar-refractivity contribution in [3.8, 4) is 0 Å². The third-order valence-corrected chi connectivity index (χ3v) is 10.7. The van der Waals surface area contributed by atoms with Crippen LogP contribution in [0.3, 0.4) is 0 Å². The normalized spacial score (nSPS) is 42.0. The molecule has 0 heterocycles. The highest BCUT2D eigenvalue weighted by molar-refractivity contribution is 5.71. The first-order chi connectivity index (χ1) is 15.2. The average Bonchev–Trinajstić information content (AvgIpc) is 3.11. The molecule has 0 aliphatic heterocycles. The number of carbonyl (C=O) groups excluding carboxylic acids is 1. The van der Waals surface area contributed by atoms with E-state index >= 15 is 0 Å². The summed E-state index contributed by atoms with van der Waals surface area (Å²) >= 11 is 0. The first kappa shape index (κ1) is 24.3. The molecule has 2 N–H and O–H groups in total. The van der Waals surface area contributed by atoms with Crippen LogP contribution in [0.1, 0.15) is 105 Å². The monoisotopic (exact) mass is 443 g/mol. The lowest BCUT2D eigenvalue weighted by molar-refractivity contribution is -0.149. The summed E-state index contributed by atoms with van der Waals surface area (Å²) in [6, 6.07) is 0. The smallest absolute Gasteiger partial charge is 0.319 e. The highest BCUT2D eigenvalue weighted by Crippen LogP contribution is 2.67. The second kappa shape index (κ2) is 9.43. The number of hydrogen-bond acceptors (Lipinski definition) is 3. The van der Waals surface area contributed by atoms with Crippen LogP contribution in [0.5, 0.6) is 0 Å². The summed E-state index contributed by atoms with van der Waals surface area (Å²) in [6.45, 7) is 12.5. The van der Waals surface area contributed by atoms with Gasteiger partial charge in [-0.3, -0.25) is 4.79 Å². The molecule has 0 radical (unpaired) electrons. The first-order valence-electron chi connectivity index (χ1n) is 13.8. The molecular weight excluding hydrogens is 394 g/mol. The molecule has 32 heavy (non-hydrogen) atoms.